The maximum Gasteiger partial charge on any atom is 0.264 e. The van der Waals surface area contributed by atoms with Crippen LogP contribution in [-0.4, -0.2) is 24.5 Å². The predicted octanol–water partition coefficient (Wildman–Crippen LogP) is 6.06. The Morgan fingerprint density at radius 1 is 1.04 bits per heavy atom. The van der Waals surface area contributed by atoms with Crippen LogP contribution in [0.2, 0.25) is 0 Å². The van der Waals surface area contributed by atoms with E-state index in [-0.39, 0.29) is 5.75 Å². The van der Waals surface area contributed by atoms with Gasteiger partial charge < -0.3 is 0 Å². The summed E-state index contributed by atoms with van der Waals surface area (Å²) in [5.41, 5.74) is 0. The SMILES string of the molecule is C1CCCC1.CCCCCC(=O)Cc1cccs1.CCCCS(=O)(=O)O. The molecule has 152 valence electrons. The first-order valence-electron chi connectivity index (χ1n) is 9.88. The lowest BCUT2D eigenvalue weighted by Crippen LogP contribution is -2.02. The van der Waals surface area contributed by atoms with Crippen LogP contribution in [0.15, 0.2) is 17.5 Å². The number of rotatable bonds is 9. The maximum atomic E-state index is 11.4. The lowest BCUT2D eigenvalue weighted by molar-refractivity contribution is -0.118. The molecule has 0 saturated heterocycles. The summed E-state index contributed by atoms with van der Waals surface area (Å²) in [6.07, 6.45) is 13.6. The van der Waals surface area contributed by atoms with Crippen molar-refractivity contribution in [2.24, 2.45) is 0 Å². The molecule has 1 aliphatic carbocycles. The second-order valence-corrected chi connectivity index (χ2v) is 9.26. The highest BCUT2D eigenvalue weighted by molar-refractivity contribution is 7.85. The Labute approximate surface area is 164 Å². The molecule has 0 spiro atoms. The summed E-state index contributed by atoms with van der Waals surface area (Å²) in [6.45, 7) is 4.02. The Morgan fingerprint density at radius 2 is 1.62 bits per heavy atom. The molecule has 0 amide bonds. The fourth-order valence-electron chi connectivity index (χ4n) is 2.48. The van der Waals surface area contributed by atoms with E-state index in [9.17, 15) is 13.2 Å². The Kier molecular flexibility index (Phi) is 16.0. The maximum absolute atomic E-state index is 11.4. The van der Waals surface area contributed by atoms with Crippen LogP contribution < -0.4 is 0 Å². The molecule has 1 aromatic heterocycles. The molecule has 0 bridgehead atoms. The van der Waals surface area contributed by atoms with E-state index in [1.54, 1.807) is 11.3 Å². The van der Waals surface area contributed by atoms with Gasteiger partial charge in [-0.25, -0.2) is 0 Å². The molecular weight excluding hydrogens is 368 g/mol. The second kappa shape index (κ2) is 16.5. The minimum atomic E-state index is -3.69. The first-order valence-corrected chi connectivity index (χ1v) is 12.4. The van der Waals surface area contributed by atoms with Crippen molar-refractivity contribution in [1.29, 1.82) is 0 Å². The Balaban J connectivity index is 0.000000407. The average Bonchev–Trinajstić information content (AvgIpc) is 3.29. The van der Waals surface area contributed by atoms with Crippen LogP contribution in [0.5, 0.6) is 0 Å². The molecule has 6 heteroatoms. The van der Waals surface area contributed by atoms with E-state index in [2.05, 4.69) is 6.92 Å². The molecule has 1 aliphatic rings. The highest BCUT2D eigenvalue weighted by Gasteiger charge is 2.03. The van der Waals surface area contributed by atoms with Crippen LogP contribution in [0.1, 0.15) is 89.4 Å². The van der Waals surface area contributed by atoms with Crippen molar-refractivity contribution in [3.8, 4) is 0 Å². The summed E-state index contributed by atoms with van der Waals surface area (Å²) in [7, 11) is -3.69. The van der Waals surface area contributed by atoms with Crippen molar-refractivity contribution in [2.75, 3.05) is 5.75 Å². The first kappa shape index (κ1) is 25.3. The van der Waals surface area contributed by atoms with Crippen molar-refractivity contribution in [2.45, 2.75) is 90.9 Å². The van der Waals surface area contributed by atoms with Crippen LogP contribution in [0.25, 0.3) is 0 Å². The van der Waals surface area contributed by atoms with Crippen LogP contribution in [0.3, 0.4) is 0 Å². The summed E-state index contributed by atoms with van der Waals surface area (Å²) in [6, 6.07) is 4.03. The summed E-state index contributed by atoms with van der Waals surface area (Å²) < 4.78 is 28.0. The summed E-state index contributed by atoms with van der Waals surface area (Å²) in [4.78, 5) is 12.6. The molecule has 1 aromatic rings. The Hall–Kier alpha value is -0.720. The average molecular weight is 405 g/mol. The number of carbonyl (C=O) groups is 1. The zero-order chi connectivity index (χ0) is 19.7. The first-order chi connectivity index (χ1) is 12.4. The van der Waals surface area contributed by atoms with E-state index in [1.165, 1.54) is 49.8 Å². The zero-order valence-corrected chi connectivity index (χ0v) is 18.0. The molecule has 1 fully saturated rings. The van der Waals surface area contributed by atoms with E-state index < -0.39 is 10.1 Å². The zero-order valence-electron chi connectivity index (χ0n) is 16.4. The van der Waals surface area contributed by atoms with Crippen LogP contribution in [-0.2, 0) is 21.3 Å². The number of hydrogen-bond acceptors (Lipinski definition) is 4. The molecular formula is C20H36O4S2. The van der Waals surface area contributed by atoms with Gasteiger partial charge in [-0.1, -0.05) is 71.3 Å². The lowest BCUT2D eigenvalue weighted by atomic mass is 10.1. The molecule has 1 N–H and O–H groups in total. The monoisotopic (exact) mass is 404 g/mol. The van der Waals surface area contributed by atoms with Crippen molar-refractivity contribution in [3.05, 3.63) is 22.4 Å². The van der Waals surface area contributed by atoms with Crippen LogP contribution >= 0.6 is 11.3 Å². The standard InChI is InChI=1S/C11H16OS.C5H10.C4H10O3S/c1-2-3-4-6-10(12)9-11-7-5-8-13-11;1-2-4-5-3-1;1-2-3-4-8(5,6)7/h5,7-8H,2-4,6,9H2,1H3;1-5H2;2-4H2,1H3,(H,5,6,7). The van der Waals surface area contributed by atoms with Gasteiger partial charge in [-0.15, -0.1) is 11.3 Å². The minimum Gasteiger partial charge on any atom is -0.299 e. The minimum absolute atomic E-state index is 0.108. The molecule has 1 heterocycles. The van der Waals surface area contributed by atoms with Crippen molar-refractivity contribution < 1.29 is 17.8 Å². The van der Waals surface area contributed by atoms with Gasteiger partial charge in [0.2, 0.25) is 0 Å². The molecule has 4 nitrogen and oxygen atoms in total. The van der Waals surface area contributed by atoms with E-state index in [0.29, 0.717) is 18.6 Å². The van der Waals surface area contributed by atoms with Gasteiger partial charge in [0.05, 0.1) is 5.75 Å². The van der Waals surface area contributed by atoms with Gasteiger partial charge in [-0.2, -0.15) is 8.42 Å². The third-order valence-corrected chi connectivity index (χ3v) is 5.70. The van der Waals surface area contributed by atoms with Crippen molar-refractivity contribution in [1.82, 2.24) is 0 Å². The van der Waals surface area contributed by atoms with Gasteiger partial charge in [-0.05, 0) is 24.3 Å². The summed E-state index contributed by atoms with van der Waals surface area (Å²) >= 11 is 1.67. The number of unbranched alkanes of at least 4 members (excludes halogenated alkanes) is 3. The summed E-state index contributed by atoms with van der Waals surface area (Å²) in [5, 5.41) is 2.02. The van der Waals surface area contributed by atoms with E-state index in [1.807, 2.05) is 24.4 Å². The fraction of sp³-hybridized carbons (Fsp3) is 0.750. The number of thiophene rings is 1. The normalized spacial score (nSPS) is 13.3. The van der Waals surface area contributed by atoms with Crippen LogP contribution in [0, 0.1) is 0 Å². The third kappa shape index (κ3) is 18.1. The molecule has 0 unspecified atom stereocenters. The quantitative estimate of drug-likeness (QED) is 0.401. The van der Waals surface area contributed by atoms with E-state index in [0.717, 1.165) is 19.3 Å². The highest BCUT2D eigenvalue weighted by Crippen LogP contribution is 2.15. The lowest BCUT2D eigenvalue weighted by Gasteiger charge is -1.97. The second-order valence-electron chi connectivity index (χ2n) is 6.66. The highest BCUT2D eigenvalue weighted by atomic mass is 32.2. The van der Waals surface area contributed by atoms with Crippen LogP contribution in [0.4, 0.5) is 0 Å². The number of ketones is 1. The molecule has 0 radical (unpaired) electrons. The molecule has 0 aromatic carbocycles. The van der Waals surface area contributed by atoms with Gasteiger partial charge in [0.15, 0.2) is 0 Å². The van der Waals surface area contributed by atoms with Gasteiger partial charge >= 0.3 is 0 Å². The smallest absolute Gasteiger partial charge is 0.264 e. The largest absolute Gasteiger partial charge is 0.299 e. The molecule has 26 heavy (non-hydrogen) atoms. The van der Waals surface area contributed by atoms with E-state index in [4.69, 9.17) is 4.55 Å². The fourth-order valence-corrected chi connectivity index (χ4v) is 3.87. The van der Waals surface area contributed by atoms with Gasteiger partial charge in [-0.3, -0.25) is 9.35 Å². The van der Waals surface area contributed by atoms with Crippen molar-refractivity contribution >= 4 is 27.2 Å². The van der Waals surface area contributed by atoms with E-state index >= 15 is 0 Å². The molecule has 1 saturated carbocycles. The number of carbonyl (C=O) groups excluding carboxylic acids is 1. The Morgan fingerprint density at radius 3 is 2.00 bits per heavy atom. The third-order valence-electron chi connectivity index (χ3n) is 4.02. The molecule has 2 rings (SSSR count). The topological polar surface area (TPSA) is 71.4 Å². The van der Waals surface area contributed by atoms with Gasteiger partial charge in [0.25, 0.3) is 10.1 Å². The predicted molar refractivity (Wildman–Crippen MR) is 112 cm³/mol. The summed E-state index contributed by atoms with van der Waals surface area (Å²) in [5.74, 6) is 0.277. The number of Topliss-reactive ketones (excluding diaryl/α,β-unsaturated/α-hetero) is 1. The molecule has 0 atom stereocenters. The van der Waals surface area contributed by atoms with Crippen molar-refractivity contribution in [3.63, 3.8) is 0 Å². The van der Waals surface area contributed by atoms with Gasteiger partial charge in [0, 0.05) is 17.7 Å². The number of hydrogen-bond donors (Lipinski definition) is 1. The molecule has 0 aliphatic heterocycles. The van der Waals surface area contributed by atoms with Gasteiger partial charge in [0.1, 0.15) is 5.78 Å². The Bertz CT molecular complexity index is 525.